The second-order valence-corrected chi connectivity index (χ2v) is 4.72. The van der Waals surface area contributed by atoms with Gasteiger partial charge in [-0.15, -0.1) is 0 Å². The molecular formula is C13H25N5O. The van der Waals surface area contributed by atoms with E-state index in [-0.39, 0.29) is 0 Å². The van der Waals surface area contributed by atoms with Gasteiger partial charge in [-0.25, -0.2) is 4.98 Å². The maximum absolute atomic E-state index is 5.00. The zero-order chi connectivity index (χ0) is 14.1. The molecule has 0 bridgehead atoms. The molecule has 0 aliphatic heterocycles. The van der Waals surface area contributed by atoms with Gasteiger partial charge in [0.05, 0.1) is 0 Å². The van der Waals surface area contributed by atoms with Crippen LogP contribution in [0.25, 0.3) is 0 Å². The van der Waals surface area contributed by atoms with Crippen molar-refractivity contribution in [3.8, 4) is 0 Å². The Morgan fingerprint density at radius 1 is 1.21 bits per heavy atom. The number of hydrogen-bond acceptors (Lipinski definition) is 6. The first kappa shape index (κ1) is 15.7. The Labute approximate surface area is 115 Å². The van der Waals surface area contributed by atoms with Crippen molar-refractivity contribution in [3.05, 3.63) is 11.8 Å². The summed E-state index contributed by atoms with van der Waals surface area (Å²) in [6.07, 6.45) is 0.942. The molecule has 0 aromatic carbocycles. The molecule has 1 rings (SSSR count). The van der Waals surface area contributed by atoms with Crippen molar-refractivity contribution in [1.82, 2.24) is 14.9 Å². The lowest BCUT2D eigenvalue weighted by atomic mass is 10.4. The molecule has 108 valence electrons. The molecule has 0 amide bonds. The van der Waals surface area contributed by atoms with Crippen LogP contribution in [0.4, 0.5) is 11.8 Å². The first-order valence-electron chi connectivity index (χ1n) is 6.59. The van der Waals surface area contributed by atoms with E-state index in [1.807, 2.05) is 13.0 Å². The smallest absolute Gasteiger partial charge is 0.224 e. The highest BCUT2D eigenvalue weighted by Gasteiger charge is 2.01. The van der Waals surface area contributed by atoms with Crippen LogP contribution < -0.4 is 10.6 Å². The van der Waals surface area contributed by atoms with Crippen molar-refractivity contribution < 1.29 is 4.74 Å². The number of aryl methyl sites for hydroxylation is 1. The second kappa shape index (κ2) is 8.66. The summed E-state index contributed by atoms with van der Waals surface area (Å²) in [6.45, 7) is 5.37. The fourth-order valence-electron chi connectivity index (χ4n) is 1.56. The van der Waals surface area contributed by atoms with Gasteiger partial charge in [-0.3, -0.25) is 0 Å². The molecule has 0 radical (unpaired) electrons. The predicted octanol–water partition coefficient (Wildman–Crippen LogP) is 1.21. The summed E-state index contributed by atoms with van der Waals surface area (Å²) in [7, 11) is 5.81. The Kier molecular flexibility index (Phi) is 7.14. The fourth-order valence-corrected chi connectivity index (χ4v) is 1.56. The number of rotatable bonds is 9. The normalized spacial score (nSPS) is 10.8. The summed E-state index contributed by atoms with van der Waals surface area (Å²) in [6, 6.07) is 1.95. The molecular weight excluding hydrogens is 242 g/mol. The van der Waals surface area contributed by atoms with E-state index in [9.17, 15) is 0 Å². The van der Waals surface area contributed by atoms with Crippen LogP contribution in [0.15, 0.2) is 6.07 Å². The fraction of sp³-hybridized carbons (Fsp3) is 0.692. The number of hydrogen-bond donors (Lipinski definition) is 2. The van der Waals surface area contributed by atoms with Gasteiger partial charge in [-0.2, -0.15) is 4.98 Å². The van der Waals surface area contributed by atoms with E-state index in [4.69, 9.17) is 4.74 Å². The lowest BCUT2D eigenvalue weighted by molar-refractivity contribution is 0.197. The average Bonchev–Trinajstić information content (AvgIpc) is 2.34. The van der Waals surface area contributed by atoms with Gasteiger partial charge in [-0.05, 0) is 27.4 Å². The quantitative estimate of drug-likeness (QED) is 0.656. The molecule has 0 aliphatic rings. The Bertz CT molecular complexity index is 370. The van der Waals surface area contributed by atoms with E-state index in [2.05, 4.69) is 39.6 Å². The monoisotopic (exact) mass is 267 g/mol. The van der Waals surface area contributed by atoms with Crippen molar-refractivity contribution in [3.63, 3.8) is 0 Å². The molecule has 1 aromatic rings. The third-order valence-electron chi connectivity index (χ3n) is 2.53. The lowest BCUT2D eigenvalue weighted by Gasteiger charge is -2.12. The standard InChI is InChI=1S/C13H25N5O/c1-11-10-12(14-7-8-18(2)3)17-13(16-11)15-6-5-9-19-4/h10H,5-9H2,1-4H3,(H2,14,15,16,17). The molecule has 1 aromatic heterocycles. The van der Waals surface area contributed by atoms with Gasteiger partial charge in [-0.1, -0.05) is 0 Å². The summed E-state index contributed by atoms with van der Waals surface area (Å²) in [5.41, 5.74) is 0.955. The van der Waals surface area contributed by atoms with Gasteiger partial charge in [0.1, 0.15) is 5.82 Å². The molecule has 0 spiro atoms. The minimum absolute atomic E-state index is 0.670. The number of methoxy groups -OCH3 is 1. The number of aromatic nitrogens is 2. The highest BCUT2D eigenvalue weighted by molar-refractivity contribution is 5.42. The van der Waals surface area contributed by atoms with Crippen LogP contribution in [-0.2, 0) is 4.74 Å². The molecule has 1 heterocycles. The van der Waals surface area contributed by atoms with Crippen molar-refractivity contribution >= 4 is 11.8 Å². The maximum atomic E-state index is 5.00. The van der Waals surface area contributed by atoms with Crippen LogP contribution >= 0.6 is 0 Å². The molecule has 0 saturated carbocycles. The third-order valence-corrected chi connectivity index (χ3v) is 2.53. The van der Waals surface area contributed by atoms with E-state index in [1.165, 1.54) is 0 Å². The molecule has 19 heavy (non-hydrogen) atoms. The van der Waals surface area contributed by atoms with Crippen molar-refractivity contribution in [2.24, 2.45) is 0 Å². The van der Waals surface area contributed by atoms with Gasteiger partial charge in [0.15, 0.2) is 0 Å². The zero-order valence-corrected chi connectivity index (χ0v) is 12.4. The van der Waals surface area contributed by atoms with Crippen molar-refractivity contribution in [1.29, 1.82) is 0 Å². The van der Waals surface area contributed by atoms with E-state index in [0.717, 1.165) is 44.2 Å². The van der Waals surface area contributed by atoms with Crippen LogP contribution in [0.5, 0.6) is 0 Å². The van der Waals surface area contributed by atoms with E-state index in [1.54, 1.807) is 7.11 Å². The molecule has 2 N–H and O–H groups in total. The SMILES string of the molecule is COCCCNc1nc(C)cc(NCCN(C)C)n1. The largest absolute Gasteiger partial charge is 0.385 e. The number of anilines is 2. The first-order valence-corrected chi connectivity index (χ1v) is 6.59. The maximum Gasteiger partial charge on any atom is 0.224 e. The Balaban J connectivity index is 2.46. The predicted molar refractivity (Wildman–Crippen MR) is 78.8 cm³/mol. The molecule has 0 atom stereocenters. The lowest BCUT2D eigenvalue weighted by Crippen LogP contribution is -2.21. The number of nitrogens with zero attached hydrogens (tertiary/aromatic N) is 3. The molecule has 6 heteroatoms. The topological polar surface area (TPSA) is 62.3 Å². The zero-order valence-electron chi connectivity index (χ0n) is 12.4. The summed E-state index contributed by atoms with van der Waals surface area (Å²) in [5, 5.41) is 6.51. The highest BCUT2D eigenvalue weighted by Crippen LogP contribution is 2.09. The van der Waals surface area contributed by atoms with Crippen LogP contribution in [0.2, 0.25) is 0 Å². The molecule has 0 unspecified atom stereocenters. The van der Waals surface area contributed by atoms with E-state index < -0.39 is 0 Å². The van der Waals surface area contributed by atoms with Gasteiger partial charge in [0.2, 0.25) is 5.95 Å². The summed E-state index contributed by atoms with van der Waals surface area (Å²) < 4.78 is 5.00. The summed E-state index contributed by atoms with van der Waals surface area (Å²) in [4.78, 5) is 10.9. The number of ether oxygens (including phenoxy) is 1. The van der Waals surface area contributed by atoms with Crippen LogP contribution in [0, 0.1) is 6.92 Å². The Morgan fingerprint density at radius 3 is 2.68 bits per heavy atom. The second-order valence-electron chi connectivity index (χ2n) is 4.72. The molecule has 0 saturated heterocycles. The van der Waals surface area contributed by atoms with Gasteiger partial charge in [0, 0.05) is 45.1 Å². The molecule has 0 fully saturated rings. The molecule has 6 nitrogen and oxygen atoms in total. The minimum atomic E-state index is 0.670. The van der Waals surface area contributed by atoms with Crippen LogP contribution in [0.3, 0.4) is 0 Å². The number of nitrogens with one attached hydrogen (secondary N) is 2. The summed E-state index contributed by atoms with van der Waals surface area (Å²) in [5.74, 6) is 1.53. The van der Waals surface area contributed by atoms with E-state index >= 15 is 0 Å². The Morgan fingerprint density at radius 2 is 2.00 bits per heavy atom. The van der Waals surface area contributed by atoms with Crippen LogP contribution in [-0.4, -0.2) is 62.3 Å². The van der Waals surface area contributed by atoms with Crippen LogP contribution in [0.1, 0.15) is 12.1 Å². The van der Waals surface area contributed by atoms with E-state index in [0.29, 0.717) is 5.95 Å². The Hall–Kier alpha value is -1.40. The highest BCUT2D eigenvalue weighted by atomic mass is 16.5. The van der Waals surface area contributed by atoms with Gasteiger partial charge >= 0.3 is 0 Å². The minimum Gasteiger partial charge on any atom is -0.385 e. The van der Waals surface area contributed by atoms with Gasteiger partial charge in [0.25, 0.3) is 0 Å². The van der Waals surface area contributed by atoms with Gasteiger partial charge < -0.3 is 20.3 Å². The van der Waals surface area contributed by atoms with Crippen molar-refractivity contribution in [2.45, 2.75) is 13.3 Å². The summed E-state index contributed by atoms with van der Waals surface area (Å²) >= 11 is 0. The van der Waals surface area contributed by atoms with Crippen molar-refractivity contribution in [2.75, 3.05) is 58.1 Å². The third kappa shape index (κ3) is 6.93. The average molecular weight is 267 g/mol. The number of likely N-dealkylation sites (N-methyl/N-ethyl adjacent to an activating group) is 1. The molecule has 0 aliphatic carbocycles. The first-order chi connectivity index (χ1) is 9.11.